The minimum absolute atomic E-state index is 0.0446. The van der Waals surface area contributed by atoms with E-state index in [2.05, 4.69) is 4.98 Å². The second kappa shape index (κ2) is 3.79. The largest absolute Gasteiger partial charge is 0.480 e. The summed E-state index contributed by atoms with van der Waals surface area (Å²) in [6, 6.07) is 3.42. The molecule has 0 radical (unpaired) electrons. The monoisotopic (exact) mass is 238 g/mol. The van der Waals surface area contributed by atoms with Gasteiger partial charge in [0.25, 0.3) is 5.56 Å². The Balaban J connectivity index is 3.00. The molecule has 2 aromatic rings. The molecule has 0 spiro atoms. The van der Waals surface area contributed by atoms with Crippen LogP contribution in [0.3, 0.4) is 0 Å². The van der Waals surface area contributed by atoms with E-state index in [0.29, 0.717) is 22.1 Å². The van der Waals surface area contributed by atoms with Crippen molar-refractivity contribution in [3.8, 4) is 5.88 Å². The van der Waals surface area contributed by atoms with Crippen LogP contribution in [-0.2, 0) is 7.05 Å². The van der Waals surface area contributed by atoms with Gasteiger partial charge in [-0.25, -0.2) is 4.98 Å². The van der Waals surface area contributed by atoms with Crippen LogP contribution in [0.5, 0.6) is 5.88 Å². The van der Waals surface area contributed by atoms with E-state index in [4.69, 9.17) is 16.3 Å². The Morgan fingerprint density at radius 1 is 1.44 bits per heavy atom. The van der Waals surface area contributed by atoms with Crippen molar-refractivity contribution in [2.75, 3.05) is 7.11 Å². The van der Waals surface area contributed by atoms with E-state index in [1.807, 2.05) is 0 Å². The van der Waals surface area contributed by atoms with E-state index in [1.54, 1.807) is 30.7 Å². The summed E-state index contributed by atoms with van der Waals surface area (Å²) in [6.07, 6.45) is 0. The molecule has 2 aromatic heterocycles. The first-order chi connectivity index (χ1) is 7.54. The van der Waals surface area contributed by atoms with Crippen LogP contribution in [-0.4, -0.2) is 16.7 Å². The molecule has 0 aliphatic carbocycles. The predicted molar refractivity (Wildman–Crippen MR) is 63.3 cm³/mol. The van der Waals surface area contributed by atoms with Gasteiger partial charge < -0.3 is 9.30 Å². The molecule has 2 heterocycles. The number of aryl methyl sites for hydroxylation is 2. The van der Waals surface area contributed by atoms with Crippen LogP contribution in [0.2, 0.25) is 5.15 Å². The molecule has 0 N–H and O–H groups in total. The van der Waals surface area contributed by atoms with Crippen molar-refractivity contribution < 1.29 is 4.74 Å². The quantitative estimate of drug-likeness (QED) is 0.713. The number of ether oxygens (including phenoxy) is 1. The first kappa shape index (κ1) is 11.0. The van der Waals surface area contributed by atoms with Gasteiger partial charge in [0, 0.05) is 18.7 Å². The second-order valence-electron chi connectivity index (χ2n) is 3.58. The molecule has 0 atom stereocenters. The highest BCUT2D eigenvalue weighted by Gasteiger charge is 2.10. The summed E-state index contributed by atoms with van der Waals surface area (Å²) < 4.78 is 6.69. The van der Waals surface area contributed by atoms with Crippen LogP contribution < -0.4 is 10.3 Å². The number of halogens is 1. The van der Waals surface area contributed by atoms with Crippen LogP contribution >= 0.6 is 11.6 Å². The molecule has 4 nitrogen and oxygen atoms in total. The van der Waals surface area contributed by atoms with E-state index in [1.165, 1.54) is 7.11 Å². The summed E-state index contributed by atoms with van der Waals surface area (Å²) in [5.41, 5.74) is 1.32. The lowest BCUT2D eigenvalue weighted by molar-refractivity contribution is 0.403. The third-order valence-corrected chi connectivity index (χ3v) is 2.72. The number of aromatic nitrogens is 2. The van der Waals surface area contributed by atoms with Crippen LogP contribution in [0.15, 0.2) is 16.9 Å². The molecule has 0 saturated carbocycles. The van der Waals surface area contributed by atoms with Gasteiger partial charge in [0.15, 0.2) is 0 Å². The SMILES string of the molecule is COc1nc(Cl)cc2c1cc(C)c(=O)n2C. The normalized spacial score (nSPS) is 10.8. The maximum atomic E-state index is 11.8. The maximum absolute atomic E-state index is 11.8. The standard InChI is InChI=1S/C11H11ClN2O2/c1-6-4-7-8(14(2)11(6)15)5-9(12)13-10(7)16-3/h4-5H,1-3H3. The van der Waals surface area contributed by atoms with E-state index in [9.17, 15) is 4.79 Å². The zero-order valence-electron chi connectivity index (χ0n) is 9.24. The van der Waals surface area contributed by atoms with Crippen LogP contribution in [0, 0.1) is 6.92 Å². The van der Waals surface area contributed by atoms with Crippen molar-refractivity contribution in [1.29, 1.82) is 0 Å². The van der Waals surface area contributed by atoms with Gasteiger partial charge in [-0.15, -0.1) is 0 Å². The minimum atomic E-state index is -0.0446. The molecular weight excluding hydrogens is 228 g/mol. The number of hydrogen-bond donors (Lipinski definition) is 0. The molecule has 0 aliphatic rings. The summed E-state index contributed by atoms with van der Waals surface area (Å²) in [5, 5.41) is 1.09. The summed E-state index contributed by atoms with van der Waals surface area (Å²) in [7, 11) is 3.23. The Morgan fingerprint density at radius 3 is 2.75 bits per heavy atom. The number of methoxy groups -OCH3 is 1. The molecule has 0 aromatic carbocycles. The molecule has 0 aliphatic heterocycles. The average Bonchev–Trinajstić information content (AvgIpc) is 2.26. The molecule has 0 saturated heterocycles. The Morgan fingerprint density at radius 2 is 2.12 bits per heavy atom. The van der Waals surface area contributed by atoms with Gasteiger partial charge in [-0.1, -0.05) is 11.6 Å². The van der Waals surface area contributed by atoms with Gasteiger partial charge >= 0.3 is 0 Å². The third-order valence-electron chi connectivity index (χ3n) is 2.53. The van der Waals surface area contributed by atoms with Crippen molar-refractivity contribution in [2.45, 2.75) is 6.92 Å². The maximum Gasteiger partial charge on any atom is 0.253 e. The number of hydrogen-bond acceptors (Lipinski definition) is 3. The lowest BCUT2D eigenvalue weighted by atomic mass is 10.2. The van der Waals surface area contributed by atoms with Crippen molar-refractivity contribution in [1.82, 2.24) is 9.55 Å². The molecule has 0 bridgehead atoms. The highest BCUT2D eigenvalue weighted by atomic mass is 35.5. The summed E-state index contributed by atoms with van der Waals surface area (Å²) in [6.45, 7) is 1.76. The molecule has 84 valence electrons. The number of rotatable bonds is 1. The highest BCUT2D eigenvalue weighted by Crippen LogP contribution is 2.25. The smallest absolute Gasteiger partial charge is 0.253 e. The molecule has 2 rings (SSSR count). The van der Waals surface area contributed by atoms with Gasteiger partial charge in [-0.05, 0) is 13.0 Å². The summed E-state index contributed by atoms with van der Waals surface area (Å²) in [4.78, 5) is 15.8. The average molecular weight is 239 g/mol. The van der Waals surface area contributed by atoms with Gasteiger partial charge in [-0.2, -0.15) is 0 Å². The zero-order chi connectivity index (χ0) is 11.9. The summed E-state index contributed by atoms with van der Waals surface area (Å²) >= 11 is 5.86. The molecule has 0 amide bonds. The Hall–Kier alpha value is -1.55. The number of pyridine rings is 2. The molecule has 16 heavy (non-hydrogen) atoms. The highest BCUT2D eigenvalue weighted by molar-refractivity contribution is 6.30. The Bertz CT molecular complexity index is 619. The van der Waals surface area contributed by atoms with E-state index >= 15 is 0 Å². The molecule has 5 heteroatoms. The minimum Gasteiger partial charge on any atom is -0.480 e. The van der Waals surface area contributed by atoms with E-state index in [-0.39, 0.29) is 5.56 Å². The van der Waals surface area contributed by atoms with E-state index < -0.39 is 0 Å². The fourth-order valence-corrected chi connectivity index (χ4v) is 1.89. The summed E-state index contributed by atoms with van der Waals surface area (Å²) in [5.74, 6) is 0.432. The second-order valence-corrected chi connectivity index (χ2v) is 3.97. The first-order valence-electron chi connectivity index (χ1n) is 4.75. The van der Waals surface area contributed by atoms with Gasteiger partial charge in [0.2, 0.25) is 5.88 Å². The van der Waals surface area contributed by atoms with Crippen LogP contribution in [0.1, 0.15) is 5.56 Å². The van der Waals surface area contributed by atoms with Crippen molar-refractivity contribution in [2.24, 2.45) is 7.05 Å². The lowest BCUT2D eigenvalue weighted by Crippen LogP contribution is -2.19. The fourth-order valence-electron chi connectivity index (χ4n) is 1.71. The number of nitrogens with zero attached hydrogens (tertiary/aromatic N) is 2. The fraction of sp³-hybridized carbons (Fsp3) is 0.273. The van der Waals surface area contributed by atoms with Crippen molar-refractivity contribution >= 4 is 22.5 Å². The lowest BCUT2D eigenvalue weighted by Gasteiger charge is -2.09. The zero-order valence-corrected chi connectivity index (χ0v) is 10.00. The molecular formula is C11H11ClN2O2. The predicted octanol–water partition coefficient (Wildman–Crippen LogP) is 1.90. The third kappa shape index (κ3) is 1.55. The van der Waals surface area contributed by atoms with Gasteiger partial charge in [-0.3, -0.25) is 4.79 Å². The van der Waals surface area contributed by atoms with Crippen LogP contribution in [0.25, 0.3) is 10.9 Å². The van der Waals surface area contributed by atoms with Crippen LogP contribution in [0.4, 0.5) is 0 Å². The van der Waals surface area contributed by atoms with E-state index in [0.717, 1.165) is 5.39 Å². The van der Waals surface area contributed by atoms with Crippen molar-refractivity contribution in [3.05, 3.63) is 33.2 Å². The number of fused-ring (bicyclic) bond motifs is 1. The Labute approximate surface area is 97.4 Å². The first-order valence-corrected chi connectivity index (χ1v) is 5.13. The van der Waals surface area contributed by atoms with Crippen molar-refractivity contribution in [3.63, 3.8) is 0 Å². The Kier molecular flexibility index (Phi) is 2.59. The topological polar surface area (TPSA) is 44.1 Å². The molecule has 0 fully saturated rings. The van der Waals surface area contributed by atoms with Gasteiger partial charge in [0.1, 0.15) is 5.15 Å². The molecule has 0 unspecified atom stereocenters. The van der Waals surface area contributed by atoms with Gasteiger partial charge in [0.05, 0.1) is 18.0 Å².